The van der Waals surface area contributed by atoms with Crippen LogP contribution in [0.1, 0.15) is 38.3 Å². The molecule has 1 aromatic heterocycles. The molecule has 2 atom stereocenters. The van der Waals surface area contributed by atoms with Crippen molar-refractivity contribution < 1.29 is 9.90 Å². The first-order valence-corrected chi connectivity index (χ1v) is 7.50. The average Bonchev–Trinajstić information content (AvgIpc) is 2.46. The van der Waals surface area contributed by atoms with Gasteiger partial charge in [0.1, 0.15) is 0 Å². The zero-order valence-corrected chi connectivity index (χ0v) is 13.4. The van der Waals surface area contributed by atoms with Crippen molar-refractivity contribution in [3.63, 3.8) is 0 Å². The summed E-state index contributed by atoms with van der Waals surface area (Å²) in [7, 11) is 0. The number of amides is 2. The summed E-state index contributed by atoms with van der Waals surface area (Å²) in [5.41, 5.74) is 1.42. The van der Waals surface area contributed by atoms with Crippen molar-refractivity contribution in [2.24, 2.45) is 5.92 Å². The number of aliphatic hydroxyl groups is 1. The van der Waals surface area contributed by atoms with Gasteiger partial charge in [0, 0.05) is 25.5 Å². The number of nitrogens with one attached hydrogen (secondary N) is 2. The average molecular weight is 293 g/mol. The Kier molecular flexibility index (Phi) is 6.62. The van der Waals surface area contributed by atoms with E-state index in [4.69, 9.17) is 0 Å². The fourth-order valence-electron chi connectivity index (χ4n) is 2.03. The summed E-state index contributed by atoms with van der Waals surface area (Å²) in [6, 6.07) is 1.72. The predicted octanol–water partition coefficient (Wildman–Crippen LogP) is 2.03. The highest BCUT2D eigenvalue weighted by atomic mass is 16.3. The first-order valence-electron chi connectivity index (χ1n) is 7.50. The summed E-state index contributed by atoms with van der Waals surface area (Å²) in [6.45, 7) is 8.57. The second-order valence-corrected chi connectivity index (χ2v) is 5.83. The molecule has 118 valence electrons. The SMILES string of the molecule is CCC(C)C(C)(O)CNC(=O)NCCc1ccncc1C. The number of carbonyl (C=O) groups excluding carboxylic acids is 1. The fourth-order valence-corrected chi connectivity index (χ4v) is 2.03. The van der Waals surface area contributed by atoms with Crippen molar-refractivity contribution in [3.05, 3.63) is 29.6 Å². The Bertz CT molecular complexity index is 461. The van der Waals surface area contributed by atoms with E-state index in [1.807, 2.05) is 33.0 Å². The van der Waals surface area contributed by atoms with Crippen molar-refractivity contribution in [2.75, 3.05) is 13.1 Å². The highest BCUT2D eigenvalue weighted by Gasteiger charge is 2.27. The Morgan fingerprint density at radius 2 is 2.19 bits per heavy atom. The summed E-state index contributed by atoms with van der Waals surface area (Å²) >= 11 is 0. The van der Waals surface area contributed by atoms with Crippen LogP contribution in [0.3, 0.4) is 0 Å². The van der Waals surface area contributed by atoms with Crippen LogP contribution in [0.15, 0.2) is 18.5 Å². The van der Waals surface area contributed by atoms with Gasteiger partial charge in [-0.25, -0.2) is 4.79 Å². The van der Waals surface area contributed by atoms with E-state index >= 15 is 0 Å². The second-order valence-electron chi connectivity index (χ2n) is 5.83. The smallest absolute Gasteiger partial charge is 0.314 e. The van der Waals surface area contributed by atoms with Crippen LogP contribution in [-0.2, 0) is 6.42 Å². The molecule has 0 spiro atoms. The Labute approximate surface area is 127 Å². The number of aromatic nitrogens is 1. The van der Waals surface area contributed by atoms with Crippen LogP contribution >= 0.6 is 0 Å². The highest BCUT2D eigenvalue weighted by molar-refractivity contribution is 5.73. The topological polar surface area (TPSA) is 74.2 Å². The van der Waals surface area contributed by atoms with Crippen molar-refractivity contribution >= 4 is 6.03 Å². The molecule has 0 radical (unpaired) electrons. The molecule has 0 aromatic carbocycles. The lowest BCUT2D eigenvalue weighted by Gasteiger charge is -2.29. The molecular weight excluding hydrogens is 266 g/mol. The summed E-state index contributed by atoms with van der Waals surface area (Å²) < 4.78 is 0. The molecule has 0 saturated carbocycles. The number of hydrogen-bond acceptors (Lipinski definition) is 3. The number of nitrogens with zero attached hydrogens (tertiary/aromatic N) is 1. The molecule has 2 unspecified atom stereocenters. The van der Waals surface area contributed by atoms with Crippen molar-refractivity contribution in [3.8, 4) is 0 Å². The van der Waals surface area contributed by atoms with Crippen LogP contribution in [0.5, 0.6) is 0 Å². The zero-order valence-electron chi connectivity index (χ0n) is 13.4. The normalized spacial score (nSPS) is 15.1. The maximum absolute atomic E-state index is 11.7. The molecule has 1 rings (SSSR count). The molecule has 5 heteroatoms. The standard InChI is InChI=1S/C16H27N3O2/c1-5-13(3)16(4,21)11-19-15(20)18-9-7-14-6-8-17-10-12(14)2/h6,8,10,13,21H,5,7,9,11H2,1-4H3,(H2,18,19,20). The van der Waals surface area contributed by atoms with Crippen LogP contribution in [0.2, 0.25) is 0 Å². The monoisotopic (exact) mass is 293 g/mol. The molecule has 1 heterocycles. The van der Waals surface area contributed by atoms with Gasteiger partial charge in [-0.05, 0) is 43.4 Å². The molecule has 0 bridgehead atoms. The lowest BCUT2D eigenvalue weighted by atomic mass is 9.89. The van der Waals surface area contributed by atoms with E-state index in [0.717, 1.165) is 18.4 Å². The molecule has 3 N–H and O–H groups in total. The van der Waals surface area contributed by atoms with E-state index < -0.39 is 5.60 Å². The first-order chi connectivity index (χ1) is 9.86. The van der Waals surface area contributed by atoms with Crippen molar-refractivity contribution in [1.82, 2.24) is 15.6 Å². The van der Waals surface area contributed by atoms with Gasteiger partial charge in [-0.2, -0.15) is 0 Å². The van der Waals surface area contributed by atoms with Gasteiger partial charge >= 0.3 is 6.03 Å². The molecule has 0 aliphatic carbocycles. The summed E-state index contributed by atoms with van der Waals surface area (Å²) in [5.74, 6) is 0.136. The molecule has 5 nitrogen and oxygen atoms in total. The van der Waals surface area contributed by atoms with Crippen molar-refractivity contribution in [2.45, 2.75) is 46.1 Å². The number of carbonyl (C=O) groups is 1. The van der Waals surface area contributed by atoms with E-state index in [1.54, 1.807) is 13.1 Å². The number of urea groups is 1. The maximum Gasteiger partial charge on any atom is 0.314 e. The van der Waals surface area contributed by atoms with E-state index in [9.17, 15) is 9.90 Å². The zero-order chi connectivity index (χ0) is 15.9. The Hall–Kier alpha value is -1.62. The molecule has 0 fully saturated rings. The molecule has 0 saturated heterocycles. The van der Waals surface area contributed by atoms with Gasteiger partial charge < -0.3 is 15.7 Å². The summed E-state index contributed by atoms with van der Waals surface area (Å²) in [4.78, 5) is 15.8. The second kappa shape index (κ2) is 7.98. The Morgan fingerprint density at radius 3 is 2.81 bits per heavy atom. The third kappa shape index (κ3) is 5.71. The van der Waals surface area contributed by atoms with E-state index in [-0.39, 0.29) is 18.5 Å². The molecule has 2 amide bonds. The molecule has 1 aromatic rings. The van der Waals surface area contributed by atoms with Gasteiger partial charge in [0.15, 0.2) is 0 Å². The maximum atomic E-state index is 11.7. The van der Waals surface area contributed by atoms with Gasteiger partial charge in [-0.1, -0.05) is 20.3 Å². The summed E-state index contributed by atoms with van der Waals surface area (Å²) in [6.07, 6.45) is 5.21. The van der Waals surface area contributed by atoms with Crippen molar-refractivity contribution in [1.29, 1.82) is 0 Å². The number of aryl methyl sites for hydroxylation is 1. The lowest BCUT2D eigenvalue weighted by Crippen LogP contribution is -2.48. The van der Waals surface area contributed by atoms with E-state index in [2.05, 4.69) is 15.6 Å². The largest absolute Gasteiger partial charge is 0.388 e. The highest BCUT2D eigenvalue weighted by Crippen LogP contribution is 2.18. The van der Waals surface area contributed by atoms with Crippen LogP contribution in [-0.4, -0.2) is 34.8 Å². The van der Waals surface area contributed by atoms with Crippen LogP contribution < -0.4 is 10.6 Å². The first kappa shape index (κ1) is 17.4. The van der Waals surface area contributed by atoms with Crippen LogP contribution in [0.4, 0.5) is 4.79 Å². The van der Waals surface area contributed by atoms with Gasteiger partial charge in [-0.3, -0.25) is 4.98 Å². The number of rotatable bonds is 7. The van der Waals surface area contributed by atoms with Crippen LogP contribution in [0, 0.1) is 12.8 Å². The Balaban J connectivity index is 2.30. The molecular formula is C16H27N3O2. The quantitative estimate of drug-likeness (QED) is 0.720. The number of hydrogen-bond donors (Lipinski definition) is 3. The third-order valence-electron chi connectivity index (χ3n) is 4.10. The van der Waals surface area contributed by atoms with Gasteiger partial charge in [0.2, 0.25) is 0 Å². The Morgan fingerprint density at radius 1 is 1.48 bits per heavy atom. The van der Waals surface area contributed by atoms with Gasteiger partial charge in [0.05, 0.1) is 5.60 Å². The minimum Gasteiger partial charge on any atom is -0.388 e. The van der Waals surface area contributed by atoms with Crippen LogP contribution in [0.25, 0.3) is 0 Å². The van der Waals surface area contributed by atoms with E-state index in [1.165, 1.54) is 5.56 Å². The summed E-state index contributed by atoms with van der Waals surface area (Å²) in [5, 5.41) is 15.8. The van der Waals surface area contributed by atoms with Gasteiger partial charge in [-0.15, -0.1) is 0 Å². The predicted molar refractivity (Wildman–Crippen MR) is 84.2 cm³/mol. The fraction of sp³-hybridized carbons (Fsp3) is 0.625. The minimum atomic E-state index is -0.881. The van der Waals surface area contributed by atoms with Gasteiger partial charge in [0.25, 0.3) is 0 Å². The third-order valence-corrected chi connectivity index (χ3v) is 4.10. The molecule has 21 heavy (non-hydrogen) atoms. The molecule has 0 aliphatic rings. The lowest BCUT2D eigenvalue weighted by molar-refractivity contribution is 0.00792. The number of pyridine rings is 1. The molecule has 0 aliphatic heterocycles. The minimum absolute atomic E-state index is 0.136. The van der Waals surface area contributed by atoms with E-state index in [0.29, 0.717) is 6.54 Å².